The molecule has 0 unspecified atom stereocenters. The fraction of sp³-hybridized carbons (Fsp3) is 1.00. The van der Waals surface area contributed by atoms with Crippen molar-refractivity contribution in [3.05, 3.63) is 0 Å². The predicted octanol–water partition coefficient (Wildman–Crippen LogP) is 1.44. The van der Waals surface area contributed by atoms with Crippen molar-refractivity contribution >= 4 is 0 Å². The SMILES string of the molecule is CN(CCCN1CCOCC1)C(C)(C)C. The Morgan fingerprint density at radius 3 is 2.33 bits per heavy atom. The Morgan fingerprint density at radius 1 is 1.20 bits per heavy atom. The van der Waals surface area contributed by atoms with Crippen LogP contribution in [-0.4, -0.2) is 61.8 Å². The summed E-state index contributed by atoms with van der Waals surface area (Å²) in [7, 11) is 2.21. The third-order valence-corrected chi connectivity index (χ3v) is 3.22. The largest absolute Gasteiger partial charge is 0.379 e. The molecule has 0 saturated carbocycles. The van der Waals surface area contributed by atoms with E-state index in [1.807, 2.05) is 0 Å². The zero-order valence-corrected chi connectivity index (χ0v) is 10.8. The highest BCUT2D eigenvalue weighted by Gasteiger charge is 2.16. The highest BCUT2D eigenvalue weighted by molar-refractivity contribution is 4.73. The smallest absolute Gasteiger partial charge is 0.0594 e. The molecule has 0 atom stereocenters. The first-order valence-corrected chi connectivity index (χ1v) is 6.01. The first-order chi connectivity index (χ1) is 7.00. The van der Waals surface area contributed by atoms with Crippen LogP contribution < -0.4 is 0 Å². The average Bonchev–Trinajstić information content (AvgIpc) is 2.18. The number of morpholine rings is 1. The summed E-state index contributed by atoms with van der Waals surface area (Å²) in [5.41, 5.74) is 0.297. The van der Waals surface area contributed by atoms with Crippen LogP contribution in [0.1, 0.15) is 27.2 Å². The molecule has 1 aliphatic rings. The van der Waals surface area contributed by atoms with Gasteiger partial charge in [0.2, 0.25) is 0 Å². The van der Waals surface area contributed by atoms with E-state index in [4.69, 9.17) is 4.74 Å². The molecule has 0 spiro atoms. The summed E-state index contributed by atoms with van der Waals surface area (Å²) >= 11 is 0. The van der Waals surface area contributed by atoms with E-state index in [0.717, 1.165) is 26.3 Å². The van der Waals surface area contributed by atoms with Gasteiger partial charge in [0.1, 0.15) is 0 Å². The van der Waals surface area contributed by atoms with Crippen LogP contribution >= 0.6 is 0 Å². The molecule has 15 heavy (non-hydrogen) atoms. The second kappa shape index (κ2) is 5.83. The third kappa shape index (κ3) is 4.96. The molecule has 1 fully saturated rings. The van der Waals surface area contributed by atoms with Gasteiger partial charge in [-0.2, -0.15) is 0 Å². The lowest BCUT2D eigenvalue weighted by molar-refractivity contribution is 0.0351. The second-order valence-electron chi connectivity index (χ2n) is 5.40. The van der Waals surface area contributed by atoms with E-state index >= 15 is 0 Å². The molecular formula is C12H26N2O. The molecule has 3 heteroatoms. The summed E-state index contributed by atoms with van der Waals surface area (Å²) in [6.07, 6.45) is 1.26. The zero-order valence-electron chi connectivity index (χ0n) is 10.8. The van der Waals surface area contributed by atoms with Crippen molar-refractivity contribution < 1.29 is 4.74 Å². The highest BCUT2D eigenvalue weighted by atomic mass is 16.5. The summed E-state index contributed by atoms with van der Waals surface area (Å²) < 4.78 is 5.33. The summed E-state index contributed by atoms with van der Waals surface area (Å²) in [5, 5.41) is 0. The first-order valence-electron chi connectivity index (χ1n) is 6.01. The Hall–Kier alpha value is -0.120. The van der Waals surface area contributed by atoms with Crippen molar-refractivity contribution in [2.75, 3.05) is 46.4 Å². The molecule has 1 rings (SSSR count). The number of hydrogen-bond acceptors (Lipinski definition) is 3. The quantitative estimate of drug-likeness (QED) is 0.704. The zero-order chi connectivity index (χ0) is 11.3. The van der Waals surface area contributed by atoms with E-state index in [0.29, 0.717) is 5.54 Å². The Balaban J connectivity index is 2.10. The van der Waals surface area contributed by atoms with Gasteiger partial charge in [-0.1, -0.05) is 0 Å². The Kier molecular flexibility index (Phi) is 5.03. The van der Waals surface area contributed by atoms with Gasteiger partial charge in [0.15, 0.2) is 0 Å². The van der Waals surface area contributed by atoms with E-state index in [2.05, 4.69) is 37.6 Å². The summed E-state index contributed by atoms with van der Waals surface area (Å²) in [6.45, 7) is 13.2. The van der Waals surface area contributed by atoms with Crippen LogP contribution in [0.2, 0.25) is 0 Å². The first kappa shape index (κ1) is 12.9. The topological polar surface area (TPSA) is 15.7 Å². The predicted molar refractivity (Wildman–Crippen MR) is 64.3 cm³/mol. The molecule has 0 N–H and O–H groups in total. The van der Waals surface area contributed by atoms with Gasteiger partial charge in [-0.05, 0) is 47.3 Å². The van der Waals surface area contributed by atoms with Crippen LogP contribution in [0.25, 0.3) is 0 Å². The number of rotatable bonds is 4. The standard InChI is InChI=1S/C12H26N2O/c1-12(2,3)13(4)6-5-7-14-8-10-15-11-9-14/h5-11H2,1-4H3. The third-order valence-electron chi connectivity index (χ3n) is 3.22. The highest BCUT2D eigenvalue weighted by Crippen LogP contribution is 2.10. The molecule has 3 nitrogen and oxygen atoms in total. The van der Waals surface area contributed by atoms with Gasteiger partial charge in [0.25, 0.3) is 0 Å². The summed E-state index contributed by atoms with van der Waals surface area (Å²) in [4.78, 5) is 4.92. The second-order valence-corrected chi connectivity index (χ2v) is 5.40. The molecule has 0 aromatic rings. The molecule has 0 bridgehead atoms. The van der Waals surface area contributed by atoms with Crippen LogP contribution in [-0.2, 0) is 4.74 Å². The van der Waals surface area contributed by atoms with Crippen LogP contribution in [0.4, 0.5) is 0 Å². The molecule has 1 aliphatic heterocycles. The van der Waals surface area contributed by atoms with Crippen molar-refractivity contribution in [3.63, 3.8) is 0 Å². The maximum atomic E-state index is 5.33. The monoisotopic (exact) mass is 214 g/mol. The lowest BCUT2D eigenvalue weighted by Gasteiger charge is -2.33. The molecular weight excluding hydrogens is 188 g/mol. The van der Waals surface area contributed by atoms with Gasteiger partial charge in [0.05, 0.1) is 13.2 Å². The normalized spacial score (nSPS) is 19.8. The van der Waals surface area contributed by atoms with Gasteiger partial charge in [0, 0.05) is 18.6 Å². The van der Waals surface area contributed by atoms with Crippen molar-refractivity contribution in [2.24, 2.45) is 0 Å². The van der Waals surface area contributed by atoms with Gasteiger partial charge >= 0.3 is 0 Å². The van der Waals surface area contributed by atoms with Gasteiger partial charge in [-0.25, -0.2) is 0 Å². The minimum absolute atomic E-state index is 0.297. The van der Waals surface area contributed by atoms with Crippen LogP contribution in [0.3, 0.4) is 0 Å². The van der Waals surface area contributed by atoms with Crippen molar-refractivity contribution in [3.8, 4) is 0 Å². The maximum absolute atomic E-state index is 5.33. The lowest BCUT2D eigenvalue weighted by atomic mass is 10.1. The van der Waals surface area contributed by atoms with E-state index < -0.39 is 0 Å². The van der Waals surface area contributed by atoms with E-state index in [1.165, 1.54) is 19.5 Å². The molecule has 0 aliphatic carbocycles. The summed E-state index contributed by atoms with van der Waals surface area (Å²) in [5.74, 6) is 0. The fourth-order valence-electron chi connectivity index (χ4n) is 1.69. The average molecular weight is 214 g/mol. The van der Waals surface area contributed by atoms with Crippen molar-refractivity contribution in [2.45, 2.75) is 32.7 Å². The minimum atomic E-state index is 0.297. The van der Waals surface area contributed by atoms with Gasteiger partial charge in [-0.15, -0.1) is 0 Å². The number of nitrogens with zero attached hydrogens (tertiary/aromatic N) is 2. The Labute approximate surface area is 94.4 Å². The molecule has 0 aromatic heterocycles. The molecule has 0 amide bonds. The van der Waals surface area contributed by atoms with Gasteiger partial charge in [-0.3, -0.25) is 4.90 Å². The lowest BCUT2D eigenvalue weighted by Crippen LogP contribution is -2.41. The van der Waals surface area contributed by atoms with Crippen LogP contribution in [0.15, 0.2) is 0 Å². The van der Waals surface area contributed by atoms with Crippen LogP contribution in [0.5, 0.6) is 0 Å². The van der Waals surface area contributed by atoms with Crippen molar-refractivity contribution in [1.29, 1.82) is 0 Å². The number of hydrogen-bond donors (Lipinski definition) is 0. The van der Waals surface area contributed by atoms with E-state index in [9.17, 15) is 0 Å². The Bertz CT molecular complexity index is 171. The maximum Gasteiger partial charge on any atom is 0.0594 e. The number of ether oxygens (including phenoxy) is 1. The molecule has 90 valence electrons. The van der Waals surface area contributed by atoms with Crippen molar-refractivity contribution in [1.82, 2.24) is 9.80 Å². The molecule has 0 radical (unpaired) electrons. The molecule has 0 aromatic carbocycles. The Morgan fingerprint density at radius 2 is 1.80 bits per heavy atom. The minimum Gasteiger partial charge on any atom is -0.379 e. The molecule has 1 saturated heterocycles. The fourth-order valence-corrected chi connectivity index (χ4v) is 1.69. The van der Waals surface area contributed by atoms with E-state index in [-0.39, 0.29) is 0 Å². The van der Waals surface area contributed by atoms with Crippen LogP contribution in [0, 0.1) is 0 Å². The van der Waals surface area contributed by atoms with Gasteiger partial charge < -0.3 is 9.64 Å². The molecule has 1 heterocycles. The van der Waals surface area contributed by atoms with E-state index in [1.54, 1.807) is 0 Å². The summed E-state index contributed by atoms with van der Waals surface area (Å²) in [6, 6.07) is 0.